The zero-order valence-electron chi connectivity index (χ0n) is 8.24. The van der Waals surface area contributed by atoms with E-state index in [0.717, 1.165) is 5.56 Å². The summed E-state index contributed by atoms with van der Waals surface area (Å²) in [4.78, 5) is 11.0. The van der Waals surface area contributed by atoms with Gasteiger partial charge in [-0.3, -0.25) is 4.79 Å². The van der Waals surface area contributed by atoms with Crippen molar-refractivity contribution < 1.29 is 19.4 Å². The third kappa shape index (κ3) is 1.87. The van der Waals surface area contributed by atoms with E-state index >= 15 is 0 Å². The van der Waals surface area contributed by atoms with Crippen LogP contribution in [0.15, 0.2) is 12.1 Å². The van der Waals surface area contributed by atoms with E-state index in [-0.39, 0.29) is 6.79 Å². The Morgan fingerprint density at radius 1 is 1.47 bits per heavy atom. The maximum absolute atomic E-state index is 11.0. The van der Waals surface area contributed by atoms with E-state index in [1.807, 2.05) is 6.92 Å². The zero-order valence-corrected chi connectivity index (χ0v) is 8.24. The van der Waals surface area contributed by atoms with Crippen molar-refractivity contribution in [2.45, 2.75) is 6.92 Å². The van der Waals surface area contributed by atoms with Crippen molar-refractivity contribution >= 4 is 11.6 Å². The van der Waals surface area contributed by atoms with Crippen molar-refractivity contribution in [3.8, 4) is 11.5 Å². The summed E-state index contributed by atoms with van der Waals surface area (Å²) in [6.07, 6.45) is 0. The fourth-order valence-corrected chi connectivity index (χ4v) is 1.37. The minimum Gasteiger partial charge on any atom is -0.454 e. The minimum absolute atomic E-state index is 0.201. The third-order valence-electron chi connectivity index (χ3n) is 2.14. The number of aliphatic hydroxyl groups is 1. The van der Waals surface area contributed by atoms with Crippen LogP contribution >= 0.6 is 0 Å². The molecule has 0 fully saturated rings. The summed E-state index contributed by atoms with van der Waals surface area (Å²) < 4.78 is 10.4. The van der Waals surface area contributed by atoms with E-state index in [4.69, 9.17) is 14.6 Å². The zero-order chi connectivity index (χ0) is 10.8. The Labute approximate surface area is 86.6 Å². The molecule has 1 aromatic rings. The Bertz CT molecular complexity index is 403. The second kappa shape index (κ2) is 3.78. The van der Waals surface area contributed by atoms with E-state index in [0.29, 0.717) is 17.2 Å². The number of hydrogen-bond donors (Lipinski definition) is 2. The largest absolute Gasteiger partial charge is 0.454 e. The molecule has 1 aromatic carbocycles. The van der Waals surface area contributed by atoms with Gasteiger partial charge in [-0.15, -0.1) is 0 Å². The van der Waals surface area contributed by atoms with Gasteiger partial charge in [0.1, 0.15) is 6.61 Å². The van der Waals surface area contributed by atoms with Crippen LogP contribution in [0.5, 0.6) is 11.5 Å². The monoisotopic (exact) mass is 209 g/mol. The van der Waals surface area contributed by atoms with Gasteiger partial charge >= 0.3 is 0 Å². The van der Waals surface area contributed by atoms with Crippen molar-refractivity contribution in [3.05, 3.63) is 17.7 Å². The van der Waals surface area contributed by atoms with Crippen LogP contribution < -0.4 is 14.8 Å². The maximum atomic E-state index is 11.0. The van der Waals surface area contributed by atoms with E-state index in [9.17, 15) is 4.79 Å². The lowest BCUT2D eigenvalue weighted by molar-refractivity contribution is -0.118. The molecular formula is C10H11NO4. The highest BCUT2D eigenvalue weighted by atomic mass is 16.7. The van der Waals surface area contributed by atoms with Gasteiger partial charge in [0, 0.05) is 11.8 Å². The molecule has 0 saturated heterocycles. The highest BCUT2D eigenvalue weighted by Gasteiger charge is 2.16. The first-order chi connectivity index (χ1) is 7.20. The number of ether oxygens (including phenoxy) is 2. The fraction of sp³-hybridized carbons (Fsp3) is 0.300. The Balaban J connectivity index is 2.28. The summed E-state index contributed by atoms with van der Waals surface area (Å²) in [7, 11) is 0. The maximum Gasteiger partial charge on any atom is 0.250 e. The quantitative estimate of drug-likeness (QED) is 0.750. The van der Waals surface area contributed by atoms with Crippen LogP contribution in [-0.2, 0) is 4.79 Å². The first-order valence-corrected chi connectivity index (χ1v) is 4.51. The molecule has 2 rings (SSSR count). The second-order valence-electron chi connectivity index (χ2n) is 3.23. The summed E-state index contributed by atoms with van der Waals surface area (Å²) in [6, 6.07) is 3.47. The lowest BCUT2D eigenvalue weighted by Gasteiger charge is -2.08. The standard InChI is InChI=1S/C10H11NO4/c1-6-2-8-9(15-5-14-8)3-7(6)11-10(13)4-12/h2-3,12H,4-5H2,1H3,(H,11,13). The molecule has 5 nitrogen and oxygen atoms in total. The van der Waals surface area contributed by atoms with Crippen molar-refractivity contribution in [2.24, 2.45) is 0 Å². The molecule has 5 heteroatoms. The Morgan fingerprint density at radius 2 is 2.13 bits per heavy atom. The van der Waals surface area contributed by atoms with Gasteiger partial charge in [0.25, 0.3) is 0 Å². The van der Waals surface area contributed by atoms with E-state index < -0.39 is 12.5 Å². The van der Waals surface area contributed by atoms with Crippen molar-refractivity contribution in [1.82, 2.24) is 0 Å². The molecule has 1 amide bonds. The number of aliphatic hydroxyl groups excluding tert-OH is 1. The van der Waals surface area contributed by atoms with Gasteiger partial charge in [0.15, 0.2) is 11.5 Å². The van der Waals surface area contributed by atoms with Gasteiger partial charge in [0.2, 0.25) is 12.7 Å². The molecule has 0 aromatic heterocycles. The predicted octanol–water partition coefficient (Wildman–Crippen LogP) is 0.655. The Hall–Kier alpha value is -1.75. The van der Waals surface area contributed by atoms with Gasteiger partial charge in [-0.2, -0.15) is 0 Å². The van der Waals surface area contributed by atoms with Crippen LogP contribution in [0.25, 0.3) is 0 Å². The first kappa shape index (κ1) is 9.79. The van der Waals surface area contributed by atoms with Crippen LogP contribution in [-0.4, -0.2) is 24.4 Å². The SMILES string of the molecule is Cc1cc2c(cc1NC(=O)CO)OCO2. The molecule has 2 N–H and O–H groups in total. The lowest BCUT2D eigenvalue weighted by atomic mass is 10.1. The van der Waals surface area contributed by atoms with Crippen molar-refractivity contribution in [3.63, 3.8) is 0 Å². The smallest absolute Gasteiger partial charge is 0.250 e. The van der Waals surface area contributed by atoms with Crippen molar-refractivity contribution in [1.29, 1.82) is 0 Å². The number of aryl methyl sites for hydroxylation is 1. The summed E-state index contributed by atoms with van der Waals surface area (Å²) >= 11 is 0. The topological polar surface area (TPSA) is 67.8 Å². The Kier molecular flexibility index (Phi) is 2.47. The highest BCUT2D eigenvalue weighted by molar-refractivity contribution is 5.92. The number of rotatable bonds is 2. The summed E-state index contributed by atoms with van der Waals surface area (Å²) in [6.45, 7) is 1.51. The molecule has 0 aliphatic carbocycles. The van der Waals surface area contributed by atoms with Crippen LogP contribution in [0.4, 0.5) is 5.69 Å². The minimum atomic E-state index is -0.534. The molecule has 0 saturated carbocycles. The van der Waals surface area contributed by atoms with Gasteiger partial charge in [0.05, 0.1) is 0 Å². The predicted molar refractivity (Wildman–Crippen MR) is 53.0 cm³/mol. The summed E-state index contributed by atoms with van der Waals surface area (Å²) in [5.41, 5.74) is 1.49. The summed E-state index contributed by atoms with van der Waals surface area (Å²) in [5, 5.41) is 11.2. The average molecular weight is 209 g/mol. The lowest BCUT2D eigenvalue weighted by Crippen LogP contribution is -2.16. The number of nitrogens with one attached hydrogen (secondary N) is 1. The van der Waals surface area contributed by atoms with Crippen LogP contribution in [0.3, 0.4) is 0 Å². The van der Waals surface area contributed by atoms with Gasteiger partial charge in [-0.05, 0) is 18.6 Å². The number of fused-ring (bicyclic) bond motifs is 1. The molecule has 0 atom stereocenters. The van der Waals surface area contributed by atoms with Crippen molar-refractivity contribution in [2.75, 3.05) is 18.7 Å². The summed E-state index contributed by atoms with van der Waals surface area (Å²) in [5.74, 6) is 0.834. The number of amides is 1. The highest BCUT2D eigenvalue weighted by Crippen LogP contribution is 2.36. The van der Waals surface area contributed by atoms with Crippen LogP contribution in [0.1, 0.15) is 5.56 Å². The molecule has 15 heavy (non-hydrogen) atoms. The Morgan fingerprint density at radius 3 is 2.80 bits per heavy atom. The molecule has 1 aliphatic rings. The second-order valence-corrected chi connectivity index (χ2v) is 3.23. The molecular weight excluding hydrogens is 198 g/mol. The van der Waals surface area contributed by atoms with E-state index in [1.165, 1.54) is 0 Å². The number of carbonyl (C=O) groups is 1. The van der Waals surface area contributed by atoms with Gasteiger partial charge in [-0.25, -0.2) is 0 Å². The first-order valence-electron chi connectivity index (χ1n) is 4.51. The van der Waals surface area contributed by atoms with E-state index in [1.54, 1.807) is 12.1 Å². The molecule has 1 heterocycles. The third-order valence-corrected chi connectivity index (χ3v) is 2.14. The normalized spacial score (nSPS) is 12.7. The number of hydrogen-bond acceptors (Lipinski definition) is 4. The number of benzene rings is 1. The van der Waals surface area contributed by atoms with Crippen LogP contribution in [0, 0.1) is 6.92 Å². The number of carbonyl (C=O) groups excluding carboxylic acids is 1. The van der Waals surface area contributed by atoms with Gasteiger partial charge in [-0.1, -0.05) is 0 Å². The van der Waals surface area contributed by atoms with E-state index in [2.05, 4.69) is 5.32 Å². The number of anilines is 1. The molecule has 0 unspecified atom stereocenters. The molecule has 80 valence electrons. The average Bonchev–Trinajstić information content (AvgIpc) is 2.65. The molecule has 0 bridgehead atoms. The molecule has 0 radical (unpaired) electrons. The molecule has 1 aliphatic heterocycles. The molecule has 0 spiro atoms. The van der Waals surface area contributed by atoms with Gasteiger partial charge < -0.3 is 19.9 Å². The fourth-order valence-electron chi connectivity index (χ4n) is 1.37. The van der Waals surface area contributed by atoms with Crippen LogP contribution in [0.2, 0.25) is 0 Å².